The van der Waals surface area contributed by atoms with Gasteiger partial charge in [0.25, 0.3) is 0 Å². The predicted molar refractivity (Wildman–Crippen MR) is 101 cm³/mol. The summed E-state index contributed by atoms with van der Waals surface area (Å²) >= 11 is 0. The van der Waals surface area contributed by atoms with Crippen molar-refractivity contribution in [2.24, 2.45) is 11.8 Å². The van der Waals surface area contributed by atoms with E-state index in [0.29, 0.717) is 38.1 Å². The number of ether oxygens (including phenoxy) is 3. The van der Waals surface area contributed by atoms with Crippen LogP contribution in [0.3, 0.4) is 0 Å². The summed E-state index contributed by atoms with van der Waals surface area (Å²) in [4.78, 5) is 0. The third kappa shape index (κ3) is 6.09. The number of benzene rings is 1. The predicted octanol–water partition coefficient (Wildman–Crippen LogP) is 3.51. The molecule has 2 N–H and O–H groups in total. The first kappa shape index (κ1) is 20.9. The molecule has 2 atom stereocenters. The van der Waals surface area contributed by atoms with E-state index >= 15 is 0 Å². The van der Waals surface area contributed by atoms with E-state index in [9.17, 15) is 10.2 Å². The molecule has 1 unspecified atom stereocenters. The topological polar surface area (TPSA) is 68.2 Å². The summed E-state index contributed by atoms with van der Waals surface area (Å²) in [5.74, 6) is 0.565. The Morgan fingerprint density at radius 1 is 1.15 bits per heavy atom. The molecular formula is C21H32O5. The molecule has 5 nitrogen and oxygen atoms in total. The van der Waals surface area contributed by atoms with Gasteiger partial charge in [0, 0.05) is 6.42 Å². The number of aliphatic hydroxyl groups excluding tert-OH is 1. The van der Waals surface area contributed by atoms with Crippen molar-refractivity contribution < 1.29 is 24.4 Å². The van der Waals surface area contributed by atoms with Crippen molar-refractivity contribution in [2.45, 2.75) is 51.6 Å². The second kappa shape index (κ2) is 10.7. The standard InChI is InChI=1S/C19H26O5.C2H6/c20-18(21)13-16-6-4-5-15(16)9-10-19(23-11-12-24-19)14-22-17-7-2-1-3-8-17;1-2/h1-3,7-10,15-16,18,20-21H,4-6,11-14H2;1-2H3/b10-9+;/t15?,16-;/m1./s1. The first-order chi connectivity index (χ1) is 12.7. The zero-order valence-corrected chi connectivity index (χ0v) is 15.8. The van der Waals surface area contributed by atoms with Gasteiger partial charge in [-0.15, -0.1) is 0 Å². The van der Waals surface area contributed by atoms with Crippen LogP contribution in [0.25, 0.3) is 0 Å². The molecule has 0 radical (unpaired) electrons. The van der Waals surface area contributed by atoms with Gasteiger partial charge in [-0.3, -0.25) is 0 Å². The van der Waals surface area contributed by atoms with E-state index in [4.69, 9.17) is 14.2 Å². The lowest BCUT2D eigenvalue weighted by Gasteiger charge is -2.25. The van der Waals surface area contributed by atoms with Gasteiger partial charge >= 0.3 is 0 Å². The van der Waals surface area contributed by atoms with E-state index in [-0.39, 0.29) is 0 Å². The first-order valence-electron chi connectivity index (χ1n) is 9.68. The lowest BCUT2D eigenvalue weighted by molar-refractivity contribution is -0.139. The SMILES string of the molecule is CC.OC(O)C[C@H]1CCCC1/C=C/C1(COc2ccccc2)OCCO1. The molecule has 2 fully saturated rings. The van der Waals surface area contributed by atoms with Crippen LogP contribution >= 0.6 is 0 Å². The van der Waals surface area contributed by atoms with Crippen LogP contribution in [0.15, 0.2) is 42.5 Å². The van der Waals surface area contributed by atoms with Gasteiger partial charge in [0.1, 0.15) is 12.4 Å². The molecule has 0 bridgehead atoms. The van der Waals surface area contributed by atoms with Crippen molar-refractivity contribution in [2.75, 3.05) is 19.8 Å². The Morgan fingerprint density at radius 3 is 2.50 bits per heavy atom. The van der Waals surface area contributed by atoms with Crippen molar-refractivity contribution >= 4 is 0 Å². The Kier molecular flexibility index (Phi) is 8.59. The molecule has 0 amide bonds. The minimum absolute atomic E-state index is 0.299. The highest BCUT2D eigenvalue weighted by atomic mass is 16.8. The summed E-state index contributed by atoms with van der Waals surface area (Å²) in [7, 11) is 0. The smallest absolute Gasteiger partial charge is 0.223 e. The number of allylic oxidation sites excluding steroid dienone is 1. The quantitative estimate of drug-likeness (QED) is 0.572. The van der Waals surface area contributed by atoms with Crippen LogP contribution in [0.2, 0.25) is 0 Å². The van der Waals surface area contributed by atoms with Gasteiger partial charge < -0.3 is 24.4 Å². The second-order valence-electron chi connectivity index (χ2n) is 6.54. The van der Waals surface area contributed by atoms with Crippen LogP contribution in [-0.4, -0.2) is 42.1 Å². The molecule has 1 heterocycles. The monoisotopic (exact) mass is 364 g/mol. The fraction of sp³-hybridized carbons (Fsp3) is 0.619. The van der Waals surface area contributed by atoms with Crippen LogP contribution in [0.5, 0.6) is 5.75 Å². The third-order valence-electron chi connectivity index (χ3n) is 4.79. The van der Waals surface area contributed by atoms with Crippen molar-refractivity contribution in [3.8, 4) is 5.75 Å². The first-order valence-corrected chi connectivity index (χ1v) is 9.68. The van der Waals surface area contributed by atoms with Gasteiger partial charge in [-0.2, -0.15) is 0 Å². The van der Waals surface area contributed by atoms with Crippen LogP contribution in [0.1, 0.15) is 39.5 Å². The largest absolute Gasteiger partial charge is 0.488 e. The van der Waals surface area contributed by atoms with E-state index in [1.54, 1.807) is 0 Å². The maximum Gasteiger partial charge on any atom is 0.223 e. The van der Waals surface area contributed by atoms with E-state index in [2.05, 4.69) is 6.08 Å². The Bertz CT molecular complexity index is 522. The van der Waals surface area contributed by atoms with Crippen molar-refractivity contribution in [1.29, 1.82) is 0 Å². The summed E-state index contributed by atoms with van der Waals surface area (Å²) in [6.07, 6.45) is 6.45. The molecule has 0 aromatic heterocycles. The Hall–Kier alpha value is -1.40. The number of para-hydroxylation sites is 1. The highest BCUT2D eigenvalue weighted by molar-refractivity contribution is 5.21. The molecule has 1 aromatic rings. The molecule has 1 saturated heterocycles. The van der Waals surface area contributed by atoms with E-state index in [0.717, 1.165) is 25.0 Å². The zero-order chi connectivity index (χ0) is 18.8. The Labute approximate surface area is 156 Å². The van der Waals surface area contributed by atoms with Gasteiger partial charge in [0.2, 0.25) is 5.79 Å². The molecule has 26 heavy (non-hydrogen) atoms. The molecule has 0 spiro atoms. The van der Waals surface area contributed by atoms with Crippen LogP contribution in [0, 0.1) is 11.8 Å². The van der Waals surface area contributed by atoms with Crippen LogP contribution < -0.4 is 4.74 Å². The van der Waals surface area contributed by atoms with Gasteiger partial charge in [0.05, 0.1) is 13.2 Å². The van der Waals surface area contributed by atoms with E-state index in [1.165, 1.54) is 0 Å². The molecule has 2 aliphatic rings. The fourth-order valence-corrected chi connectivity index (χ4v) is 3.55. The molecule has 1 saturated carbocycles. The third-order valence-corrected chi connectivity index (χ3v) is 4.79. The molecule has 3 rings (SSSR count). The van der Waals surface area contributed by atoms with Gasteiger partial charge in [-0.1, -0.05) is 44.5 Å². The molecule has 5 heteroatoms. The maximum atomic E-state index is 9.23. The minimum Gasteiger partial charge on any atom is -0.488 e. The summed E-state index contributed by atoms with van der Waals surface area (Å²) in [5.41, 5.74) is 0. The Morgan fingerprint density at radius 2 is 1.85 bits per heavy atom. The number of hydrogen-bond acceptors (Lipinski definition) is 5. The second-order valence-corrected chi connectivity index (χ2v) is 6.54. The van der Waals surface area contributed by atoms with Gasteiger partial charge in [-0.05, 0) is 42.9 Å². The fourth-order valence-electron chi connectivity index (χ4n) is 3.55. The van der Waals surface area contributed by atoms with Crippen molar-refractivity contribution in [3.05, 3.63) is 42.5 Å². The molecule has 1 aliphatic heterocycles. The maximum absolute atomic E-state index is 9.23. The van der Waals surface area contributed by atoms with Crippen molar-refractivity contribution in [1.82, 2.24) is 0 Å². The minimum atomic E-state index is -1.24. The lowest BCUT2D eigenvalue weighted by Crippen LogP contribution is -2.35. The van der Waals surface area contributed by atoms with Gasteiger partial charge in [0.15, 0.2) is 6.29 Å². The summed E-state index contributed by atoms with van der Waals surface area (Å²) in [5, 5.41) is 18.5. The number of rotatable bonds is 7. The highest BCUT2D eigenvalue weighted by Crippen LogP contribution is 2.36. The normalized spacial score (nSPS) is 24.7. The molecule has 1 aliphatic carbocycles. The highest BCUT2D eigenvalue weighted by Gasteiger charge is 2.36. The Balaban J connectivity index is 0.00000117. The average molecular weight is 364 g/mol. The van der Waals surface area contributed by atoms with Crippen LogP contribution in [0.4, 0.5) is 0 Å². The molecule has 1 aromatic carbocycles. The van der Waals surface area contributed by atoms with Crippen LogP contribution in [-0.2, 0) is 9.47 Å². The van der Waals surface area contributed by atoms with Gasteiger partial charge in [-0.25, -0.2) is 0 Å². The molecule has 146 valence electrons. The lowest BCUT2D eigenvalue weighted by atomic mass is 9.92. The summed E-state index contributed by atoms with van der Waals surface area (Å²) in [6.45, 7) is 5.39. The zero-order valence-electron chi connectivity index (χ0n) is 15.8. The van der Waals surface area contributed by atoms with E-state index < -0.39 is 12.1 Å². The van der Waals surface area contributed by atoms with E-state index in [1.807, 2.05) is 50.3 Å². The average Bonchev–Trinajstić information content (AvgIpc) is 3.30. The summed E-state index contributed by atoms with van der Waals surface area (Å²) < 4.78 is 17.4. The number of hydrogen-bond donors (Lipinski definition) is 2. The van der Waals surface area contributed by atoms with Crippen molar-refractivity contribution in [3.63, 3.8) is 0 Å². The summed E-state index contributed by atoms with van der Waals surface area (Å²) in [6, 6.07) is 9.61. The number of aliphatic hydroxyl groups is 2. The molecular weight excluding hydrogens is 332 g/mol.